The summed E-state index contributed by atoms with van der Waals surface area (Å²) in [6, 6.07) is 0. The van der Waals surface area contributed by atoms with Crippen LogP contribution < -0.4 is 0 Å². The van der Waals surface area contributed by atoms with Crippen molar-refractivity contribution in [3.8, 4) is 0 Å². The number of carbonyl (C=O) groups is 1. The smallest absolute Gasteiger partial charge is 0.308 e. The van der Waals surface area contributed by atoms with Crippen LogP contribution in [0.3, 0.4) is 0 Å². The summed E-state index contributed by atoms with van der Waals surface area (Å²) in [5.41, 5.74) is 0. The molecule has 0 N–H and O–H groups in total. The molecule has 0 saturated heterocycles. The second-order valence-corrected chi connectivity index (χ2v) is 9.27. The molecule has 0 amide bonds. The molecule has 0 rings (SSSR count). The molecule has 0 radical (unpaired) electrons. The number of carbonyl (C=O) groups excluding carboxylic acids is 1. The largest absolute Gasteiger partial charge is 0.465 e. The molecule has 0 fully saturated rings. The van der Waals surface area contributed by atoms with Crippen LogP contribution in [0.2, 0.25) is 0 Å². The van der Waals surface area contributed by atoms with Crippen molar-refractivity contribution in [1.29, 1.82) is 0 Å². The van der Waals surface area contributed by atoms with Gasteiger partial charge in [-0.05, 0) is 32.1 Å². The first-order valence-electron chi connectivity index (χ1n) is 12.5. The van der Waals surface area contributed by atoms with Gasteiger partial charge in [0.25, 0.3) is 0 Å². The maximum atomic E-state index is 12.6. The summed E-state index contributed by atoms with van der Waals surface area (Å²) in [5.74, 6) is 0.122. The lowest BCUT2D eigenvalue weighted by molar-refractivity contribution is -0.149. The average Bonchev–Trinajstić information content (AvgIpc) is 2.73. The summed E-state index contributed by atoms with van der Waals surface area (Å²) in [4.78, 5) is 12.6. The topological polar surface area (TPSA) is 26.3 Å². The van der Waals surface area contributed by atoms with E-state index < -0.39 is 0 Å². The first-order chi connectivity index (χ1) is 14.3. The Balaban J connectivity index is 4.02. The lowest BCUT2D eigenvalue weighted by Crippen LogP contribution is -2.18. The third-order valence-corrected chi connectivity index (χ3v) is 6.26. The quantitative estimate of drug-likeness (QED) is 0.0831. The third kappa shape index (κ3) is 20.9. The van der Waals surface area contributed by atoms with Crippen molar-refractivity contribution in [2.45, 2.75) is 129 Å². The number of unbranched alkanes of at least 4 members (excludes halogenated alkanes) is 14. The lowest BCUT2D eigenvalue weighted by Gasteiger charge is -2.16. The molecule has 0 aromatic rings. The van der Waals surface area contributed by atoms with Gasteiger partial charge in [-0.3, -0.25) is 9.18 Å². The van der Waals surface area contributed by atoms with Crippen LogP contribution in [-0.4, -0.2) is 24.6 Å². The molecule has 0 aliphatic heterocycles. The summed E-state index contributed by atoms with van der Waals surface area (Å²) in [6.45, 7) is 2.64. The Morgan fingerprint density at radius 1 is 0.724 bits per heavy atom. The van der Waals surface area contributed by atoms with Crippen LogP contribution in [0.1, 0.15) is 129 Å². The zero-order valence-corrected chi connectivity index (χ0v) is 20.8. The summed E-state index contributed by atoms with van der Waals surface area (Å²) < 4.78 is 17.8. The Bertz CT molecular complexity index is 339. The molecule has 1 atom stereocenters. The van der Waals surface area contributed by atoms with Crippen LogP contribution in [-0.2, 0) is 9.53 Å². The van der Waals surface area contributed by atoms with Gasteiger partial charge < -0.3 is 4.74 Å². The molecule has 1 unspecified atom stereocenters. The van der Waals surface area contributed by atoms with Crippen molar-refractivity contribution in [3.63, 3.8) is 0 Å². The van der Waals surface area contributed by atoms with Crippen LogP contribution in [0.25, 0.3) is 0 Å². The van der Waals surface area contributed by atoms with Gasteiger partial charge in [-0.2, -0.15) is 0 Å². The highest BCUT2D eigenvalue weighted by Gasteiger charge is 2.19. The number of esters is 1. The summed E-state index contributed by atoms with van der Waals surface area (Å²) >= 11 is 3.46. The van der Waals surface area contributed by atoms with Crippen molar-refractivity contribution in [3.05, 3.63) is 0 Å². The van der Waals surface area contributed by atoms with Gasteiger partial charge in [0.2, 0.25) is 0 Å². The fourth-order valence-electron chi connectivity index (χ4n) is 3.76. The predicted octanol–water partition coefficient (Wildman–Crippen LogP) is 8.94. The number of ether oxygens (including phenoxy) is 1. The van der Waals surface area contributed by atoms with E-state index in [0.717, 1.165) is 69.5 Å². The molecular weight excluding hydrogens is 431 g/mol. The van der Waals surface area contributed by atoms with Gasteiger partial charge in [0.15, 0.2) is 0 Å². The van der Waals surface area contributed by atoms with Gasteiger partial charge in [0.05, 0.1) is 19.2 Å². The van der Waals surface area contributed by atoms with Gasteiger partial charge >= 0.3 is 5.97 Å². The highest BCUT2D eigenvalue weighted by Crippen LogP contribution is 2.21. The molecular formula is C25H48BrFO2. The number of halogens is 2. The molecule has 0 saturated carbocycles. The predicted molar refractivity (Wildman–Crippen MR) is 128 cm³/mol. The van der Waals surface area contributed by atoms with Crippen molar-refractivity contribution in [2.24, 2.45) is 5.92 Å². The Hall–Kier alpha value is -0.120. The second kappa shape index (κ2) is 24.2. The minimum Gasteiger partial charge on any atom is -0.465 e. The lowest BCUT2D eigenvalue weighted by atomic mass is 9.94. The number of hydrogen-bond donors (Lipinski definition) is 0. The Morgan fingerprint density at radius 3 is 1.76 bits per heavy atom. The van der Waals surface area contributed by atoms with E-state index >= 15 is 0 Å². The highest BCUT2D eigenvalue weighted by atomic mass is 79.9. The summed E-state index contributed by atoms with van der Waals surface area (Å²) in [7, 11) is 0. The van der Waals surface area contributed by atoms with Crippen LogP contribution in [0, 0.1) is 5.92 Å². The number of hydrogen-bond acceptors (Lipinski definition) is 2. The SMILES string of the molecule is CCCCCCCCC(CCCCCCCCF)C(=O)OCCCCCCCBr. The Kier molecular flexibility index (Phi) is 24.1. The van der Waals surface area contributed by atoms with E-state index in [4.69, 9.17) is 4.74 Å². The van der Waals surface area contributed by atoms with Gasteiger partial charge in [-0.25, -0.2) is 0 Å². The van der Waals surface area contributed by atoms with Crippen molar-refractivity contribution < 1.29 is 13.9 Å². The van der Waals surface area contributed by atoms with Crippen LogP contribution in [0.5, 0.6) is 0 Å². The molecule has 0 aromatic heterocycles. The molecule has 0 spiro atoms. The normalized spacial score (nSPS) is 12.2. The fraction of sp³-hybridized carbons (Fsp3) is 0.960. The Labute approximate surface area is 189 Å². The first kappa shape index (κ1) is 28.9. The van der Waals surface area contributed by atoms with Gasteiger partial charge in [-0.15, -0.1) is 0 Å². The molecule has 174 valence electrons. The molecule has 4 heteroatoms. The van der Waals surface area contributed by atoms with Gasteiger partial charge in [0.1, 0.15) is 0 Å². The molecule has 0 bridgehead atoms. The summed E-state index contributed by atoms with van der Waals surface area (Å²) in [5, 5.41) is 1.08. The zero-order chi connectivity index (χ0) is 21.4. The Morgan fingerprint density at radius 2 is 1.21 bits per heavy atom. The van der Waals surface area contributed by atoms with E-state index in [9.17, 15) is 9.18 Å². The monoisotopic (exact) mass is 478 g/mol. The second-order valence-electron chi connectivity index (χ2n) is 8.48. The van der Waals surface area contributed by atoms with Crippen molar-refractivity contribution >= 4 is 21.9 Å². The van der Waals surface area contributed by atoms with Crippen molar-refractivity contribution in [2.75, 3.05) is 18.6 Å². The summed E-state index contributed by atoms with van der Waals surface area (Å²) in [6.07, 6.45) is 21.6. The van der Waals surface area contributed by atoms with Crippen LogP contribution in [0.15, 0.2) is 0 Å². The molecule has 0 heterocycles. The van der Waals surface area contributed by atoms with Gasteiger partial charge in [-0.1, -0.05) is 113 Å². The highest BCUT2D eigenvalue weighted by molar-refractivity contribution is 9.09. The van der Waals surface area contributed by atoms with E-state index in [1.54, 1.807) is 0 Å². The maximum Gasteiger partial charge on any atom is 0.308 e. The minimum atomic E-state index is -0.192. The number of rotatable bonds is 23. The van der Waals surface area contributed by atoms with E-state index in [-0.39, 0.29) is 18.6 Å². The van der Waals surface area contributed by atoms with Crippen LogP contribution in [0.4, 0.5) is 4.39 Å². The molecule has 29 heavy (non-hydrogen) atoms. The van der Waals surface area contributed by atoms with Crippen molar-refractivity contribution in [1.82, 2.24) is 0 Å². The van der Waals surface area contributed by atoms with Crippen LogP contribution >= 0.6 is 15.9 Å². The molecule has 2 nitrogen and oxygen atoms in total. The standard InChI is InChI=1S/C25H48BrFO2/c1-2-3-4-5-9-14-19-24(20-15-10-6-7-12-17-22-27)25(28)29-23-18-13-8-11-16-21-26/h24H,2-23H2,1H3. The maximum absolute atomic E-state index is 12.6. The number of alkyl halides is 2. The average molecular weight is 480 g/mol. The van der Waals surface area contributed by atoms with E-state index in [0.29, 0.717) is 13.0 Å². The minimum absolute atomic E-state index is 0.0384. The van der Waals surface area contributed by atoms with E-state index in [2.05, 4.69) is 22.9 Å². The molecule has 0 aliphatic rings. The third-order valence-electron chi connectivity index (χ3n) is 5.70. The van der Waals surface area contributed by atoms with E-state index in [1.807, 2.05) is 0 Å². The first-order valence-corrected chi connectivity index (χ1v) is 13.7. The fourth-order valence-corrected chi connectivity index (χ4v) is 4.16. The molecule has 0 aromatic carbocycles. The zero-order valence-electron chi connectivity index (χ0n) is 19.2. The van der Waals surface area contributed by atoms with Gasteiger partial charge in [0, 0.05) is 5.33 Å². The molecule has 0 aliphatic carbocycles. The van der Waals surface area contributed by atoms with E-state index in [1.165, 1.54) is 51.4 Å².